The second-order valence-corrected chi connectivity index (χ2v) is 4.59. The molecular weight excluding hydrogens is 280 g/mol. The molecule has 2 heterocycles. The Morgan fingerprint density at radius 3 is 3.00 bits per heavy atom. The molecule has 7 nitrogen and oxygen atoms in total. The van der Waals surface area contributed by atoms with E-state index in [9.17, 15) is 0 Å². The van der Waals surface area contributed by atoms with Crippen molar-refractivity contribution >= 4 is 28.4 Å². The van der Waals surface area contributed by atoms with Gasteiger partial charge in [0.1, 0.15) is 0 Å². The van der Waals surface area contributed by atoms with Crippen LogP contribution in [0.2, 0.25) is 0 Å². The van der Waals surface area contributed by atoms with Crippen LogP contribution in [0.4, 0.5) is 17.5 Å². The quantitative estimate of drug-likeness (QED) is 0.675. The van der Waals surface area contributed by atoms with E-state index in [0.717, 1.165) is 16.6 Å². The molecule has 0 aliphatic heterocycles. The zero-order valence-electron chi connectivity index (χ0n) is 12.2. The molecule has 3 rings (SSSR count). The Hall–Kier alpha value is -2.80. The number of methoxy groups -OCH3 is 1. The molecule has 0 aliphatic carbocycles. The maximum absolute atomic E-state index is 4.98. The highest BCUT2D eigenvalue weighted by molar-refractivity contribution is 5.91. The molecule has 0 spiro atoms. The third-order valence-electron chi connectivity index (χ3n) is 3.04. The van der Waals surface area contributed by atoms with Crippen molar-refractivity contribution in [2.45, 2.75) is 0 Å². The first-order valence-electron chi connectivity index (χ1n) is 6.90. The van der Waals surface area contributed by atoms with Crippen molar-refractivity contribution in [3.8, 4) is 0 Å². The minimum Gasteiger partial charge on any atom is -0.383 e. The number of para-hydroxylation sites is 1. The SMILES string of the molecule is COCCNc1nncc(Nc2cccc3cccnc23)n1. The molecule has 2 N–H and O–H groups in total. The standard InChI is InChI=1S/C15H16N6O/c1-22-9-8-17-15-20-13(10-18-21-15)19-12-6-2-4-11-5-3-7-16-14(11)12/h2-7,10H,8-9H2,1H3,(H2,17,19,20,21). The average molecular weight is 296 g/mol. The molecule has 0 aliphatic rings. The molecular formula is C15H16N6O. The summed E-state index contributed by atoms with van der Waals surface area (Å²) in [5.74, 6) is 1.06. The van der Waals surface area contributed by atoms with E-state index in [1.165, 1.54) is 0 Å². The van der Waals surface area contributed by atoms with Crippen LogP contribution in [0.1, 0.15) is 0 Å². The summed E-state index contributed by atoms with van der Waals surface area (Å²) in [4.78, 5) is 8.77. The molecule has 0 unspecified atom stereocenters. The van der Waals surface area contributed by atoms with Gasteiger partial charge >= 0.3 is 0 Å². The largest absolute Gasteiger partial charge is 0.383 e. The smallest absolute Gasteiger partial charge is 0.244 e. The van der Waals surface area contributed by atoms with Gasteiger partial charge in [0.05, 0.1) is 24.0 Å². The maximum atomic E-state index is 4.98. The van der Waals surface area contributed by atoms with Crippen LogP contribution in [0.25, 0.3) is 10.9 Å². The third-order valence-corrected chi connectivity index (χ3v) is 3.04. The fraction of sp³-hybridized carbons (Fsp3) is 0.200. The van der Waals surface area contributed by atoms with Crippen LogP contribution in [0.3, 0.4) is 0 Å². The number of aromatic nitrogens is 4. The molecule has 0 saturated carbocycles. The van der Waals surface area contributed by atoms with Crippen LogP contribution in [-0.4, -0.2) is 40.4 Å². The van der Waals surface area contributed by atoms with E-state index in [2.05, 4.69) is 30.8 Å². The number of fused-ring (bicyclic) bond motifs is 1. The van der Waals surface area contributed by atoms with Gasteiger partial charge in [0.15, 0.2) is 5.82 Å². The molecule has 0 atom stereocenters. The van der Waals surface area contributed by atoms with Crippen molar-refractivity contribution in [1.82, 2.24) is 20.2 Å². The van der Waals surface area contributed by atoms with Gasteiger partial charge in [-0.05, 0) is 12.1 Å². The maximum Gasteiger partial charge on any atom is 0.244 e. The summed E-state index contributed by atoms with van der Waals surface area (Å²) in [6.07, 6.45) is 3.34. The van der Waals surface area contributed by atoms with E-state index >= 15 is 0 Å². The van der Waals surface area contributed by atoms with Crippen molar-refractivity contribution < 1.29 is 4.74 Å². The van der Waals surface area contributed by atoms with E-state index in [0.29, 0.717) is 24.9 Å². The first kappa shape index (κ1) is 14.2. The van der Waals surface area contributed by atoms with E-state index in [1.807, 2.05) is 30.3 Å². The van der Waals surface area contributed by atoms with Crippen LogP contribution in [0.5, 0.6) is 0 Å². The Morgan fingerprint density at radius 1 is 1.18 bits per heavy atom. The Balaban J connectivity index is 1.81. The van der Waals surface area contributed by atoms with E-state index in [1.54, 1.807) is 19.5 Å². The summed E-state index contributed by atoms with van der Waals surface area (Å²) in [5, 5.41) is 15.2. The highest BCUT2D eigenvalue weighted by Crippen LogP contribution is 2.23. The number of pyridine rings is 1. The minimum absolute atomic E-state index is 0.454. The topological polar surface area (TPSA) is 84.9 Å². The zero-order chi connectivity index (χ0) is 15.2. The van der Waals surface area contributed by atoms with Crippen LogP contribution in [-0.2, 0) is 4.74 Å². The fourth-order valence-corrected chi connectivity index (χ4v) is 2.05. The molecule has 0 radical (unpaired) electrons. The van der Waals surface area contributed by atoms with E-state index in [-0.39, 0.29) is 0 Å². The normalized spacial score (nSPS) is 10.6. The van der Waals surface area contributed by atoms with E-state index < -0.39 is 0 Å². The zero-order valence-corrected chi connectivity index (χ0v) is 12.2. The second kappa shape index (κ2) is 6.77. The van der Waals surface area contributed by atoms with Gasteiger partial charge in [-0.3, -0.25) is 4.98 Å². The highest BCUT2D eigenvalue weighted by Gasteiger charge is 2.04. The first-order valence-corrected chi connectivity index (χ1v) is 6.90. The number of hydrogen-bond donors (Lipinski definition) is 2. The van der Waals surface area contributed by atoms with Gasteiger partial charge in [0.2, 0.25) is 5.95 Å². The molecule has 2 aromatic heterocycles. The molecule has 3 aromatic rings. The lowest BCUT2D eigenvalue weighted by atomic mass is 10.2. The van der Waals surface area contributed by atoms with E-state index in [4.69, 9.17) is 4.74 Å². The highest BCUT2D eigenvalue weighted by atomic mass is 16.5. The van der Waals surface area contributed by atoms with Gasteiger partial charge in [-0.25, -0.2) is 0 Å². The Labute approximate surface area is 127 Å². The number of anilines is 3. The number of benzene rings is 1. The van der Waals surface area contributed by atoms with Gasteiger partial charge in [-0.1, -0.05) is 18.2 Å². The Morgan fingerprint density at radius 2 is 2.09 bits per heavy atom. The summed E-state index contributed by atoms with van der Waals surface area (Å²) in [5.41, 5.74) is 1.76. The summed E-state index contributed by atoms with van der Waals surface area (Å²) in [7, 11) is 1.65. The lowest BCUT2D eigenvalue weighted by Gasteiger charge is -2.09. The first-order chi connectivity index (χ1) is 10.9. The molecule has 0 amide bonds. The minimum atomic E-state index is 0.454. The monoisotopic (exact) mass is 296 g/mol. The summed E-state index contributed by atoms with van der Waals surface area (Å²) >= 11 is 0. The van der Waals surface area contributed by atoms with Crippen LogP contribution in [0, 0.1) is 0 Å². The number of nitrogens with zero attached hydrogens (tertiary/aromatic N) is 4. The molecule has 7 heteroatoms. The van der Waals surface area contributed by atoms with Gasteiger partial charge in [-0.15, -0.1) is 5.10 Å². The van der Waals surface area contributed by atoms with Gasteiger partial charge < -0.3 is 15.4 Å². The van der Waals surface area contributed by atoms with Crippen molar-refractivity contribution in [1.29, 1.82) is 0 Å². The van der Waals surface area contributed by atoms with Gasteiger partial charge in [0, 0.05) is 25.2 Å². The van der Waals surface area contributed by atoms with Crippen molar-refractivity contribution in [3.63, 3.8) is 0 Å². The van der Waals surface area contributed by atoms with Crippen molar-refractivity contribution in [2.75, 3.05) is 30.9 Å². The second-order valence-electron chi connectivity index (χ2n) is 4.59. The summed E-state index contributed by atoms with van der Waals surface area (Å²) in [6.45, 7) is 1.20. The molecule has 0 bridgehead atoms. The number of hydrogen-bond acceptors (Lipinski definition) is 7. The lowest BCUT2D eigenvalue weighted by molar-refractivity contribution is 0.210. The Bertz CT molecular complexity index is 758. The molecule has 1 aromatic carbocycles. The summed E-state index contributed by atoms with van der Waals surface area (Å²) in [6, 6.07) is 9.87. The number of rotatable bonds is 6. The van der Waals surface area contributed by atoms with Crippen molar-refractivity contribution in [3.05, 3.63) is 42.7 Å². The molecule has 0 saturated heterocycles. The number of nitrogens with one attached hydrogen (secondary N) is 2. The predicted octanol–water partition coefficient (Wildman–Crippen LogP) is 2.22. The predicted molar refractivity (Wildman–Crippen MR) is 85.2 cm³/mol. The van der Waals surface area contributed by atoms with Crippen LogP contribution in [0.15, 0.2) is 42.7 Å². The van der Waals surface area contributed by atoms with Crippen LogP contribution >= 0.6 is 0 Å². The van der Waals surface area contributed by atoms with Crippen LogP contribution < -0.4 is 10.6 Å². The lowest BCUT2D eigenvalue weighted by Crippen LogP contribution is -2.11. The summed E-state index contributed by atoms with van der Waals surface area (Å²) < 4.78 is 4.98. The van der Waals surface area contributed by atoms with Crippen molar-refractivity contribution in [2.24, 2.45) is 0 Å². The number of ether oxygens (including phenoxy) is 1. The van der Waals surface area contributed by atoms with Gasteiger partial charge in [0.25, 0.3) is 0 Å². The van der Waals surface area contributed by atoms with Gasteiger partial charge in [-0.2, -0.15) is 10.1 Å². The Kier molecular flexibility index (Phi) is 4.35. The molecule has 22 heavy (non-hydrogen) atoms. The average Bonchev–Trinajstić information content (AvgIpc) is 2.56. The molecule has 0 fully saturated rings. The molecule has 112 valence electrons. The third kappa shape index (κ3) is 3.26. The fourth-order valence-electron chi connectivity index (χ4n) is 2.05.